The third-order valence-corrected chi connectivity index (χ3v) is 8.11. The fourth-order valence-electron chi connectivity index (χ4n) is 6.34. The maximum atomic E-state index is 2.28. The number of hydrogen-bond acceptors (Lipinski definition) is 0. The van der Waals surface area contributed by atoms with Crippen molar-refractivity contribution in [3.8, 4) is 22.3 Å². The monoisotopic (exact) mass is 670 g/mol. The van der Waals surface area contributed by atoms with Crippen LogP contribution in [0.5, 0.6) is 0 Å². The van der Waals surface area contributed by atoms with Crippen LogP contribution in [-0.4, -0.2) is 3.81 Å². The third kappa shape index (κ3) is 7.28. The first kappa shape index (κ1) is 35.1. The van der Waals surface area contributed by atoms with Gasteiger partial charge in [-0.2, -0.15) is 0 Å². The average Bonchev–Trinajstić information content (AvgIpc) is 3.55. The van der Waals surface area contributed by atoms with Crippen molar-refractivity contribution in [2.75, 3.05) is 0 Å². The number of fused-ring (bicyclic) bond motifs is 4. The Labute approximate surface area is 296 Å². The van der Waals surface area contributed by atoms with Crippen LogP contribution in [0, 0.1) is 13.8 Å². The van der Waals surface area contributed by atoms with E-state index in [-0.39, 0.29) is 24.8 Å². The molecular weight excluding hydrogens is 635 g/mol. The summed E-state index contributed by atoms with van der Waals surface area (Å²) >= 11 is 2.08. The Kier molecular flexibility index (Phi) is 12.0. The second-order valence-electron chi connectivity index (χ2n) is 11.6. The molecule has 0 heterocycles. The average molecular weight is 672 g/mol. The number of aryl methyl sites for hydroxylation is 2. The van der Waals surface area contributed by atoms with Gasteiger partial charge in [0.1, 0.15) is 0 Å². The van der Waals surface area contributed by atoms with E-state index in [2.05, 4.69) is 193 Å². The first-order valence-electron chi connectivity index (χ1n) is 15.2. The molecule has 0 saturated heterocycles. The number of rotatable bonds is 2. The minimum Gasteiger partial charge on any atom is -1.00 e. The van der Waals surface area contributed by atoms with Crippen LogP contribution >= 0.6 is 0 Å². The Morgan fingerprint density at radius 3 is 1.13 bits per heavy atom. The molecule has 0 radical (unpaired) electrons. The van der Waals surface area contributed by atoms with Gasteiger partial charge >= 0.3 is 37.6 Å². The summed E-state index contributed by atoms with van der Waals surface area (Å²) < 4.78 is 1.42. The van der Waals surface area contributed by atoms with Crippen LogP contribution in [0.25, 0.3) is 65.3 Å². The van der Waals surface area contributed by atoms with Gasteiger partial charge in [-0.3, -0.25) is 0 Å². The van der Waals surface area contributed by atoms with Crippen LogP contribution in [0.1, 0.15) is 25.0 Å². The number of hydrogen-bond donors (Lipinski definition) is 0. The van der Waals surface area contributed by atoms with E-state index >= 15 is 0 Å². The van der Waals surface area contributed by atoms with Crippen molar-refractivity contribution in [3.63, 3.8) is 0 Å². The van der Waals surface area contributed by atoms with Gasteiger partial charge in [0.15, 0.2) is 0 Å². The van der Waals surface area contributed by atoms with E-state index in [9.17, 15) is 0 Å². The molecule has 0 aliphatic heterocycles. The Morgan fingerprint density at radius 1 is 0.435 bits per heavy atom. The Balaban J connectivity index is 0.000000180. The molecule has 8 aromatic rings. The molecular formula is C43H36Cl2Ti-2. The summed E-state index contributed by atoms with van der Waals surface area (Å²) in [6.07, 6.45) is 0. The molecule has 0 saturated carbocycles. The van der Waals surface area contributed by atoms with Crippen molar-refractivity contribution in [2.24, 2.45) is 0 Å². The Morgan fingerprint density at radius 2 is 0.739 bits per heavy atom. The van der Waals surface area contributed by atoms with Crippen molar-refractivity contribution in [1.29, 1.82) is 0 Å². The molecule has 0 spiro atoms. The van der Waals surface area contributed by atoms with Gasteiger partial charge in [0, 0.05) is 0 Å². The van der Waals surface area contributed by atoms with Crippen molar-refractivity contribution in [2.45, 2.75) is 27.7 Å². The predicted octanol–water partition coefficient (Wildman–Crippen LogP) is 6.13. The zero-order valence-corrected chi connectivity index (χ0v) is 29.7. The van der Waals surface area contributed by atoms with E-state index in [1.807, 2.05) is 0 Å². The summed E-state index contributed by atoms with van der Waals surface area (Å²) in [5.41, 5.74) is 8.11. The summed E-state index contributed by atoms with van der Waals surface area (Å²) in [7, 11) is 0. The van der Waals surface area contributed by atoms with Gasteiger partial charge < -0.3 is 24.8 Å². The molecule has 0 aliphatic carbocycles. The van der Waals surface area contributed by atoms with Crippen LogP contribution in [0.3, 0.4) is 0 Å². The van der Waals surface area contributed by atoms with Crippen LogP contribution < -0.4 is 24.8 Å². The smallest absolute Gasteiger partial charge is 0.0186 e. The minimum absolute atomic E-state index is 0. The van der Waals surface area contributed by atoms with E-state index in [4.69, 9.17) is 0 Å². The van der Waals surface area contributed by atoms with Crippen molar-refractivity contribution >= 4 is 46.9 Å². The number of halogens is 2. The molecule has 3 heteroatoms. The van der Waals surface area contributed by atoms with Gasteiger partial charge in [0.25, 0.3) is 0 Å². The van der Waals surface area contributed by atoms with E-state index in [0.29, 0.717) is 0 Å². The number of benzene rings is 6. The summed E-state index contributed by atoms with van der Waals surface area (Å²) in [6.45, 7) is 8.58. The molecule has 0 aromatic heterocycles. The molecule has 0 aliphatic rings. The van der Waals surface area contributed by atoms with Gasteiger partial charge in [-0.05, 0) is 21.5 Å². The van der Waals surface area contributed by atoms with Crippen LogP contribution in [-0.2, 0) is 20.0 Å². The summed E-state index contributed by atoms with van der Waals surface area (Å²) in [5, 5.41) is 10.6. The summed E-state index contributed by atoms with van der Waals surface area (Å²) in [6, 6.07) is 52.2. The van der Waals surface area contributed by atoms with Crippen LogP contribution in [0.2, 0.25) is 0 Å². The fourth-order valence-corrected chi connectivity index (χ4v) is 6.34. The quantitative estimate of drug-likeness (QED) is 0.153. The predicted molar refractivity (Wildman–Crippen MR) is 191 cm³/mol. The van der Waals surface area contributed by atoms with E-state index < -0.39 is 0 Å². The van der Waals surface area contributed by atoms with Crippen molar-refractivity contribution in [3.05, 3.63) is 157 Å². The largest absolute Gasteiger partial charge is 1.00 e. The van der Waals surface area contributed by atoms with Gasteiger partial charge in [-0.1, -0.05) is 122 Å². The molecule has 8 aromatic carbocycles. The molecule has 8 rings (SSSR count). The van der Waals surface area contributed by atoms with Gasteiger partial charge in [-0.25, -0.2) is 0 Å². The standard InChI is InChI=1S/2C20H15.C3H6.2ClH.Ti/c2*1-14-13-16-8-3-5-11-18(16)20(14)19-12-6-9-15-7-2-4-10-17(15)19;1-3-2;;;/h2*2-13H,1H3;1-2H3;2*1H;/q2*-1;;;;+2/p-2. The Hall–Kier alpha value is -3.78. The topological polar surface area (TPSA) is 0 Å². The normalized spacial score (nSPS) is 10.4. The molecule has 0 amide bonds. The van der Waals surface area contributed by atoms with Crippen LogP contribution in [0.4, 0.5) is 0 Å². The van der Waals surface area contributed by atoms with E-state index in [1.165, 1.54) is 80.3 Å². The first-order chi connectivity index (χ1) is 21.4. The summed E-state index contributed by atoms with van der Waals surface area (Å²) in [5.74, 6) is 0. The molecule has 46 heavy (non-hydrogen) atoms. The Bertz CT molecular complexity index is 2080. The second kappa shape index (κ2) is 15.7. The third-order valence-electron chi connectivity index (χ3n) is 8.11. The molecule has 0 atom stereocenters. The second-order valence-corrected chi connectivity index (χ2v) is 13.2. The van der Waals surface area contributed by atoms with Gasteiger partial charge in [0.2, 0.25) is 0 Å². The first-order valence-corrected chi connectivity index (χ1v) is 16.0. The van der Waals surface area contributed by atoms with E-state index in [1.54, 1.807) is 0 Å². The maximum Gasteiger partial charge on any atom is -0.0186 e. The molecule has 0 bridgehead atoms. The maximum absolute atomic E-state index is 2.28. The van der Waals surface area contributed by atoms with Gasteiger partial charge in [-0.15, -0.1) is 92.3 Å². The molecule has 0 nitrogen and oxygen atoms in total. The molecule has 0 N–H and O–H groups in total. The zero-order chi connectivity index (χ0) is 30.6. The molecule has 0 unspecified atom stereocenters. The van der Waals surface area contributed by atoms with Crippen molar-refractivity contribution in [1.82, 2.24) is 0 Å². The fraction of sp³-hybridized carbons (Fsp3) is 0.0930. The van der Waals surface area contributed by atoms with Gasteiger partial charge in [0.05, 0.1) is 0 Å². The van der Waals surface area contributed by atoms with Crippen molar-refractivity contribution < 1.29 is 44.8 Å². The molecule has 0 fully saturated rings. The SMILES string of the molecule is C[C](C)=[Ti+2].Cc1[cH-]c2ccccc2c1-c1cccc2ccccc12.Cc1[cH-]c2ccccc2c1-c1cccc2ccccc12.[Cl-].[Cl-]. The van der Waals surface area contributed by atoms with E-state index in [0.717, 1.165) is 0 Å². The van der Waals surface area contributed by atoms with Crippen LogP contribution in [0.15, 0.2) is 146 Å². The summed E-state index contributed by atoms with van der Waals surface area (Å²) in [4.78, 5) is 0. The molecule has 228 valence electrons. The zero-order valence-electron chi connectivity index (χ0n) is 26.6. The minimum atomic E-state index is 0.